The Bertz CT molecular complexity index is 510. The Hall–Kier alpha value is -1.95. The first-order chi connectivity index (χ1) is 10.5. The zero-order valence-corrected chi connectivity index (χ0v) is 13.2. The van der Waals surface area contributed by atoms with Gasteiger partial charge in [-0.2, -0.15) is 0 Å². The molecule has 0 aromatic carbocycles. The maximum absolute atomic E-state index is 12.1. The molecule has 3 N–H and O–H groups in total. The van der Waals surface area contributed by atoms with E-state index in [1.165, 1.54) is 0 Å². The molecule has 1 aliphatic heterocycles. The number of aromatic nitrogens is 1. The second-order valence-corrected chi connectivity index (χ2v) is 5.93. The molecular formula is C16H24N4O2. The third kappa shape index (κ3) is 4.04. The maximum Gasteiger partial charge on any atom is 0.270 e. The van der Waals surface area contributed by atoms with E-state index in [0.717, 1.165) is 12.8 Å². The lowest BCUT2D eigenvalue weighted by atomic mass is 9.90. The number of amides is 2. The van der Waals surface area contributed by atoms with Gasteiger partial charge in [0.25, 0.3) is 5.91 Å². The fourth-order valence-corrected chi connectivity index (χ4v) is 2.80. The molecule has 0 bridgehead atoms. The highest BCUT2D eigenvalue weighted by atomic mass is 16.2. The first kappa shape index (κ1) is 16.4. The highest BCUT2D eigenvalue weighted by Crippen LogP contribution is 2.21. The molecule has 1 saturated heterocycles. The molecule has 0 aliphatic carbocycles. The van der Waals surface area contributed by atoms with Crippen molar-refractivity contribution in [2.24, 2.45) is 11.7 Å². The number of pyridine rings is 1. The van der Waals surface area contributed by atoms with E-state index < -0.39 is 6.04 Å². The zero-order valence-electron chi connectivity index (χ0n) is 13.2. The van der Waals surface area contributed by atoms with Crippen molar-refractivity contribution in [3.05, 3.63) is 30.1 Å². The summed E-state index contributed by atoms with van der Waals surface area (Å²) in [5.74, 6) is 0.218. The molecule has 2 rings (SSSR count). The van der Waals surface area contributed by atoms with E-state index in [2.05, 4.69) is 10.3 Å². The molecule has 2 unspecified atom stereocenters. The number of rotatable bonds is 4. The van der Waals surface area contributed by atoms with E-state index in [1.807, 2.05) is 11.8 Å². The van der Waals surface area contributed by atoms with Gasteiger partial charge in [0.05, 0.1) is 6.04 Å². The number of nitrogens with two attached hydrogens (primary N) is 1. The van der Waals surface area contributed by atoms with E-state index in [0.29, 0.717) is 24.7 Å². The maximum atomic E-state index is 12.1. The lowest BCUT2D eigenvalue weighted by Crippen LogP contribution is -2.49. The standard InChI is InChI=1S/C16H24N4O2/c1-11(17)16(22)20-9-6-13(7-10-20)12(2)19-15(21)14-5-3-4-8-18-14/h3-5,8,11-13H,6-7,9-10,17H2,1-2H3,(H,19,21). The highest BCUT2D eigenvalue weighted by Gasteiger charge is 2.28. The van der Waals surface area contributed by atoms with Crippen LogP contribution in [0.15, 0.2) is 24.4 Å². The molecule has 1 aromatic heterocycles. The van der Waals surface area contributed by atoms with E-state index in [1.54, 1.807) is 31.3 Å². The van der Waals surface area contributed by atoms with Crippen molar-refractivity contribution in [1.82, 2.24) is 15.2 Å². The molecule has 120 valence electrons. The number of carbonyl (C=O) groups is 2. The molecule has 0 saturated carbocycles. The summed E-state index contributed by atoms with van der Waals surface area (Å²) >= 11 is 0. The Labute approximate surface area is 131 Å². The van der Waals surface area contributed by atoms with Crippen LogP contribution in [0.5, 0.6) is 0 Å². The molecule has 0 spiro atoms. The molecule has 6 heteroatoms. The molecule has 2 heterocycles. The van der Waals surface area contributed by atoms with Gasteiger partial charge in [-0.25, -0.2) is 0 Å². The Balaban J connectivity index is 1.84. The van der Waals surface area contributed by atoms with Crippen molar-refractivity contribution < 1.29 is 9.59 Å². The first-order valence-corrected chi connectivity index (χ1v) is 7.75. The van der Waals surface area contributed by atoms with Crippen LogP contribution in [0.3, 0.4) is 0 Å². The van der Waals surface area contributed by atoms with Crippen molar-refractivity contribution in [3.8, 4) is 0 Å². The second kappa shape index (κ2) is 7.35. The zero-order chi connectivity index (χ0) is 16.1. The van der Waals surface area contributed by atoms with Crippen molar-refractivity contribution in [2.75, 3.05) is 13.1 Å². The van der Waals surface area contributed by atoms with Crippen LogP contribution in [0.2, 0.25) is 0 Å². The minimum Gasteiger partial charge on any atom is -0.348 e. The van der Waals surface area contributed by atoms with E-state index in [9.17, 15) is 9.59 Å². The summed E-state index contributed by atoms with van der Waals surface area (Å²) in [5.41, 5.74) is 6.07. The molecule has 0 radical (unpaired) electrons. The van der Waals surface area contributed by atoms with Crippen LogP contribution in [0.25, 0.3) is 0 Å². The van der Waals surface area contributed by atoms with Gasteiger partial charge < -0.3 is 16.0 Å². The molecule has 1 fully saturated rings. The minimum absolute atomic E-state index is 0.00336. The average Bonchev–Trinajstić information content (AvgIpc) is 2.55. The van der Waals surface area contributed by atoms with E-state index >= 15 is 0 Å². The highest BCUT2D eigenvalue weighted by molar-refractivity contribution is 5.92. The molecule has 1 aromatic rings. The summed E-state index contributed by atoms with van der Waals surface area (Å²) in [6.07, 6.45) is 3.36. The summed E-state index contributed by atoms with van der Waals surface area (Å²) in [6.45, 7) is 5.13. The van der Waals surface area contributed by atoms with Gasteiger partial charge in [0, 0.05) is 25.3 Å². The molecule has 2 atom stereocenters. The number of nitrogens with one attached hydrogen (secondary N) is 1. The van der Waals surface area contributed by atoms with Crippen molar-refractivity contribution in [3.63, 3.8) is 0 Å². The van der Waals surface area contributed by atoms with Crippen molar-refractivity contribution in [2.45, 2.75) is 38.8 Å². The molecule has 2 amide bonds. The molecular weight excluding hydrogens is 280 g/mol. The lowest BCUT2D eigenvalue weighted by molar-refractivity contribution is -0.133. The van der Waals surface area contributed by atoms with Crippen LogP contribution < -0.4 is 11.1 Å². The number of piperidine rings is 1. The monoisotopic (exact) mass is 304 g/mol. The number of hydrogen-bond donors (Lipinski definition) is 2. The molecule has 22 heavy (non-hydrogen) atoms. The number of likely N-dealkylation sites (tertiary alicyclic amines) is 1. The summed E-state index contributed by atoms with van der Waals surface area (Å²) in [4.78, 5) is 29.8. The number of carbonyl (C=O) groups excluding carboxylic acids is 2. The largest absolute Gasteiger partial charge is 0.348 e. The third-order valence-corrected chi connectivity index (χ3v) is 4.20. The fraction of sp³-hybridized carbons (Fsp3) is 0.562. The van der Waals surface area contributed by atoms with Crippen molar-refractivity contribution >= 4 is 11.8 Å². The van der Waals surface area contributed by atoms with Gasteiger partial charge in [-0.05, 0) is 44.7 Å². The van der Waals surface area contributed by atoms with Crippen LogP contribution in [0, 0.1) is 5.92 Å². The van der Waals surface area contributed by atoms with E-state index in [-0.39, 0.29) is 17.9 Å². The summed E-state index contributed by atoms with van der Waals surface area (Å²) in [5, 5.41) is 3.00. The smallest absolute Gasteiger partial charge is 0.270 e. The van der Waals surface area contributed by atoms with E-state index in [4.69, 9.17) is 5.73 Å². The molecule has 6 nitrogen and oxygen atoms in total. The van der Waals surface area contributed by atoms with Crippen LogP contribution in [-0.4, -0.2) is 46.9 Å². The summed E-state index contributed by atoms with van der Waals surface area (Å²) < 4.78 is 0. The second-order valence-electron chi connectivity index (χ2n) is 5.93. The Kier molecular flexibility index (Phi) is 5.49. The number of nitrogens with zero attached hydrogens (tertiary/aromatic N) is 2. The van der Waals surface area contributed by atoms with Gasteiger partial charge in [0.15, 0.2) is 0 Å². The third-order valence-electron chi connectivity index (χ3n) is 4.20. The van der Waals surface area contributed by atoms with Gasteiger partial charge in [0.1, 0.15) is 5.69 Å². The van der Waals surface area contributed by atoms with Crippen LogP contribution in [-0.2, 0) is 4.79 Å². The molecule has 1 aliphatic rings. The predicted octanol–water partition coefficient (Wildman–Crippen LogP) is 0.786. The quantitative estimate of drug-likeness (QED) is 0.860. The summed E-state index contributed by atoms with van der Waals surface area (Å²) in [6, 6.07) is 4.89. The fourth-order valence-electron chi connectivity index (χ4n) is 2.80. The van der Waals surface area contributed by atoms with Crippen LogP contribution in [0.4, 0.5) is 0 Å². The normalized spacial score (nSPS) is 18.6. The SMILES string of the molecule is CC(N)C(=O)N1CCC(C(C)NC(=O)c2ccccn2)CC1. The Morgan fingerprint density at radius 2 is 2.00 bits per heavy atom. The predicted molar refractivity (Wildman–Crippen MR) is 84.1 cm³/mol. The summed E-state index contributed by atoms with van der Waals surface area (Å²) in [7, 11) is 0. The number of hydrogen-bond acceptors (Lipinski definition) is 4. The van der Waals surface area contributed by atoms with Gasteiger partial charge in [0.2, 0.25) is 5.91 Å². The Morgan fingerprint density at radius 3 is 2.55 bits per heavy atom. The van der Waals surface area contributed by atoms with Gasteiger partial charge in [-0.3, -0.25) is 14.6 Å². The first-order valence-electron chi connectivity index (χ1n) is 7.75. The van der Waals surface area contributed by atoms with Gasteiger partial charge in [-0.15, -0.1) is 0 Å². The van der Waals surface area contributed by atoms with Crippen LogP contribution >= 0.6 is 0 Å². The average molecular weight is 304 g/mol. The topological polar surface area (TPSA) is 88.3 Å². The lowest BCUT2D eigenvalue weighted by Gasteiger charge is -2.35. The minimum atomic E-state index is -0.446. The van der Waals surface area contributed by atoms with Gasteiger partial charge >= 0.3 is 0 Å². The van der Waals surface area contributed by atoms with Crippen molar-refractivity contribution in [1.29, 1.82) is 0 Å². The van der Waals surface area contributed by atoms with Gasteiger partial charge in [-0.1, -0.05) is 6.07 Å². The Morgan fingerprint density at radius 1 is 1.32 bits per heavy atom. The van der Waals surface area contributed by atoms with Crippen LogP contribution in [0.1, 0.15) is 37.2 Å².